The van der Waals surface area contributed by atoms with E-state index in [0.717, 1.165) is 5.82 Å². The fraction of sp³-hybridized carbons (Fsp3) is 1.00. The Kier molecular flexibility index (Phi) is 4.84. The molecule has 0 radical (unpaired) electrons. The van der Waals surface area contributed by atoms with E-state index in [1.54, 1.807) is 0 Å². The molecule has 0 rings (SSSR count). The highest BCUT2D eigenvalue weighted by molar-refractivity contribution is 8.22. The van der Waals surface area contributed by atoms with Crippen molar-refractivity contribution in [3.63, 3.8) is 0 Å². The van der Waals surface area contributed by atoms with Crippen molar-refractivity contribution in [2.75, 3.05) is 6.26 Å². The van der Waals surface area contributed by atoms with Gasteiger partial charge in [0.1, 0.15) is 0 Å². The maximum Gasteiger partial charge on any atom is 0.194 e. The Bertz CT molecular complexity index is 39.1. The first-order valence-electron chi connectivity index (χ1n) is 2.80. The van der Waals surface area contributed by atoms with Crippen molar-refractivity contribution >= 4 is 18.2 Å². The van der Waals surface area contributed by atoms with Crippen LogP contribution in [0.3, 0.4) is 0 Å². The summed E-state index contributed by atoms with van der Waals surface area (Å²) in [5, 5.41) is 0. The Morgan fingerprint density at radius 2 is 2.29 bits per heavy atom. The fourth-order valence-electron chi connectivity index (χ4n) is 0.402. The second kappa shape index (κ2) is 4.57. The Hall–Kier alpha value is 0.415. The largest absolute Gasteiger partial charge is 0.218 e. The van der Waals surface area contributed by atoms with Gasteiger partial charge in [-0.05, 0) is 6.26 Å². The van der Waals surface area contributed by atoms with Crippen LogP contribution >= 0.6 is 11.6 Å². The minimum Gasteiger partial charge on any atom is -0.218 e. The molecule has 1 unspecified atom stereocenters. The van der Waals surface area contributed by atoms with Crippen molar-refractivity contribution in [3.05, 3.63) is 0 Å². The zero-order valence-electron chi connectivity index (χ0n) is 5.40. The minimum atomic E-state index is 0.912. The molecule has 1 atom stereocenters. The molecule has 0 aliphatic carbocycles. The van der Waals surface area contributed by atoms with E-state index in [4.69, 9.17) is 0 Å². The van der Waals surface area contributed by atoms with Crippen LogP contribution in [0, 0.1) is 0 Å². The zero-order chi connectivity index (χ0) is 5.70. The molecule has 0 nitrogen and oxygen atoms in total. The molecule has 0 aromatic carbocycles. The molecule has 0 saturated carbocycles. The van der Waals surface area contributed by atoms with Gasteiger partial charge in [-0.2, -0.15) is 0 Å². The van der Waals surface area contributed by atoms with Crippen LogP contribution in [0.1, 0.15) is 20.3 Å². The van der Waals surface area contributed by atoms with E-state index < -0.39 is 0 Å². The lowest BCUT2D eigenvalue weighted by atomic mass is 9.86. The molecule has 0 N–H and O–H groups in total. The quantitative estimate of drug-likeness (QED) is 0.507. The van der Waals surface area contributed by atoms with Crippen LogP contribution in [-0.2, 0) is 0 Å². The van der Waals surface area contributed by atoms with Gasteiger partial charge < -0.3 is 0 Å². The van der Waals surface area contributed by atoms with E-state index >= 15 is 0 Å². The summed E-state index contributed by atoms with van der Waals surface area (Å²) in [5.74, 6) is 0.912. The average molecular weight is 116 g/mol. The number of hydrogen-bond acceptors (Lipinski definition) is 1. The monoisotopic (exact) mass is 116 g/mol. The van der Waals surface area contributed by atoms with Crippen LogP contribution in [0.4, 0.5) is 0 Å². The van der Waals surface area contributed by atoms with E-state index in [1.807, 2.05) is 11.6 Å². The molecule has 0 aromatic heterocycles. The molecule has 42 valence electrons. The Balaban J connectivity index is 2.83. The first-order chi connectivity index (χ1) is 3.31. The van der Waals surface area contributed by atoms with Crippen molar-refractivity contribution in [1.82, 2.24) is 0 Å². The summed E-state index contributed by atoms with van der Waals surface area (Å²) in [5.41, 5.74) is 0. The highest BCUT2D eigenvalue weighted by atomic mass is 32.2. The van der Waals surface area contributed by atoms with Crippen molar-refractivity contribution in [2.45, 2.75) is 26.1 Å². The average Bonchev–Trinajstić information content (AvgIpc) is 1.68. The van der Waals surface area contributed by atoms with E-state index in [-0.39, 0.29) is 0 Å². The summed E-state index contributed by atoms with van der Waals surface area (Å²) < 4.78 is 0. The first-order valence-corrected chi connectivity index (χ1v) is 4.19. The van der Waals surface area contributed by atoms with Gasteiger partial charge in [0.05, 0.1) is 0 Å². The maximum atomic E-state index is 2.29. The predicted octanol–water partition coefficient (Wildman–Crippen LogP) is 1.92. The third kappa shape index (κ3) is 4.26. The van der Waals surface area contributed by atoms with Crippen molar-refractivity contribution in [2.24, 2.45) is 0 Å². The highest BCUT2D eigenvalue weighted by Gasteiger charge is 1.96. The smallest absolute Gasteiger partial charge is 0.194 e. The van der Waals surface area contributed by atoms with Crippen LogP contribution in [0.15, 0.2) is 0 Å². The van der Waals surface area contributed by atoms with Crippen LogP contribution < -0.4 is 0 Å². The fourth-order valence-corrected chi connectivity index (χ4v) is 1.21. The molecule has 0 amide bonds. The van der Waals surface area contributed by atoms with Crippen molar-refractivity contribution in [1.29, 1.82) is 0 Å². The van der Waals surface area contributed by atoms with Gasteiger partial charge in [0, 0.05) is 0 Å². The molecule has 0 aliphatic heterocycles. The van der Waals surface area contributed by atoms with Gasteiger partial charge in [0.2, 0.25) is 0 Å². The zero-order valence-corrected chi connectivity index (χ0v) is 6.22. The van der Waals surface area contributed by atoms with Gasteiger partial charge in [-0.25, -0.2) is 11.6 Å². The van der Waals surface area contributed by atoms with Gasteiger partial charge in [-0.1, -0.05) is 26.1 Å². The molecule has 0 aliphatic rings. The van der Waals surface area contributed by atoms with Gasteiger partial charge in [0.15, 0.2) is 6.56 Å². The lowest BCUT2D eigenvalue weighted by Gasteiger charge is -1.99. The summed E-state index contributed by atoms with van der Waals surface area (Å²) in [6.07, 6.45) is 3.48. The van der Waals surface area contributed by atoms with E-state index in [2.05, 4.69) is 20.1 Å². The third-order valence-corrected chi connectivity index (χ3v) is 2.05. The van der Waals surface area contributed by atoms with Crippen LogP contribution in [0.25, 0.3) is 0 Å². The summed E-state index contributed by atoms with van der Waals surface area (Å²) in [7, 11) is 0. The number of rotatable bonds is 3. The summed E-state index contributed by atoms with van der Waals surface area (Å²) >= 11 is 1.93. The SMILES string of the molecule is CCC(C)BSC. The molecular weight excluding hydrogens is 103 g/mol. The molecule has 2 heteroatoms. The Morgan fingerprint density at radius 1 is 1.71 bits per heavy atom. The van der Waals surface area contributed by atoms with E-state index in [1.165, 1.54) is 13.0 Å². The minimum absolute atomic E-state index is 0.912. The molecule has 0 aromatic rings. The Labute approximate surface area is 51.2 Å². The van der Waals surface area contributed by atoms with E-state index in [9.17, 15) is 0 Å². The molecule has 0 bridgehead atoms. The summed E-state index contributed by atoms with van der Waals surface area (Å²) in [6.45, 7) is 5.84. The lowest BCUT2D eigenvalue weighted by molar-refractivity contribution is 0.878. The predicted molar refractivity (Wildman–Crippen MR) is 40.4 cm³/mol. The summed E-state index contributed by atoms with van der Waals surface area (Å²) in [6, 6.07) is 0. The second-order valence-corrected chi connectivity index (χ2v) is 2.88. The maximum absolute atomic E-state index is 2.29. The van der Waals surface area contributed by atoms with E-state index in [0.29, 0.717) is 0 Å². The van der Waals surface area contributed by atoms with Crippen molar-refractivity contribution < 1.29 is 0 Å². The highest BCUT2D eigenvalue weighted by Crippen LogP contribution is 2.10. The molecule has 7 heavy (non-hydrogen) atoms. The molecular formula is C5H13BS. The lowest BCUT2D eigenvalue weighted by Crippen LogP contribution is -1.90. The van der Waals surface area contributed by atoms with Gasteiger partial charge in [-0.3, -0.25) is 0 Å². The first kappa shape index (κ1) is 7.41. The van der Waals surface area contributed by atoms with Gasteiger partial charge in [-0.15, -0.1) is 0 Å². The molecule has 0 spiro atoms. The standard InChI is InChI=1S/C5H13BS/c1-4-5(2)6-7-3/h5-6H,4H2,1-3H3. The van der Waals surface area contributed by atoms with Gasteiger partial charge >= 0.3 is 0 Å². The third-order valence-electron chi connectivity index (χ3n) is 1.15. The van der Waals surface area contributed by atoms with Crippen molar-refractivity contribution in [3.8, 4) is 0 Å². The van der Waals surface area contributed by atoms with Crippen LogP contribution in [0.5, 0.6) is 0 Å². The normalized spacial score (nSPS) is 13.6. The summed E-state index contributed by atoms with van der Waals surface area (Å²) in [4.78, 5) is 0. The van der Waals surface area contributed by atoms with Gasteiger partial charge in [0.25, 0.3) is 0 Å². The molecule has 0 fully saturated rings. The second-order valence-electron chi connectivity index (χ2n) is 1.97. The Morgan fingerprint density at radius 3 is 2.43 bits per heavy atom. The molecule has 0 heterocycles. The topological polar surface area (TPSA) is 0 Å². The number of hydrogen-bond donors (Lipinski definition) is 0. The van der Waals surface area contributed by atoms with Crippen LogP contribution in [0.2, 0.25) is 5.82 Å². The van der Waals surface area contributed by atoms with Crippen LogP contribution in [-0.4, -0.2) is 12.8 Å². The molecule has 0 saturated heterocycles.